The SMILES string of the molecule is Cc1nnc(Sc2ccc(S(=O)(=O)N3CCOCC3)cc2[N+](=O)[O-])n1N. The molecule has 1 aromatic carbocycles. The smallest absolute Gasteiger partial charge is 0.284 e. The minimum atomic E-state index is -3.83. The number of aryl methyl sites for hydroxylation is 1. The van der Waals surface area contributed by atoms with E-state index >= 15 is 0 Å². The molecule has 1 aliphatic heterocycles. The van der Waals surface area contributed by atoms with Crippen LogP contribution in [0.25, 0.3) is 0 Å². The summed E-state index contributed by atoms with van der Waals surface area (Å²) in [6, 6.07) is 3.77. The predicted molar refractivity (Wildman–Crippen MR) is 91.7 cm³/mol. The first-order chi connectivity index (χ1) is 12.3. The number of benzene rings is 1. The topological polar surface area (TPSA) is 146 Å². The van der Waals surface area contributed by atoms with Gasteiger partial charge in [0, 0.05) is 19.2 Å². The molecule has 0 bridgehead atoms. The van der Waals surface area contributed by atoms with Crippen LogP contribution >= 0.6 is 11.8 Å². The number of hydrogen-bond donors (Lipinski definition) is 1. The van der Waals surface area contributed by atoms with Crippen molar-refractivity contribution in [3.63, 3.8) is 0 Å². The van der Waals surface area contributed by atoms with Gasteiger partial charge in [0.2, 0.25) is 15.2 Å². The van der Waals surface area contributed by atoms with E-state index in [0.29, 0.717) is 19.0 Å². The molecule has 140 valence electrons. The number of ether oxygens (including phenoxy) is 1. The number of nitro benzene ring substituents is 1. The number of nitrogens with zero attached hydrogens (tertiary/aromatic N) is 5. The molecule has 26 heavy (non-hydrogen) atoms. The van der Waals surface area contributed by atoms with Gasteiger partial charge in [0.25, 0.3) is 5.69 Å². The number of nitrogen functional groups attached to an aromatic ring is 1. The number of nitrogens with two attached hydrogens (primary N) is 1. The van der Waals surface area contributed by atoms with E-state index in [1.807, 2.05) is 0 Å². The number of morpholine rings is 1. The third-order valence-corrected chi connectivity index (χ3v) is 6.69. The van der Waals surface area contributed by atoms with Crippen LogP contribution in [0.1, 0.15) is 5.82 Å². The number of rotatable bonds is 5. The Balaban J connectivity index is 1.96. The molecule has 1 aliphatic rings. The molecule has 0 aliphatic carbocycles. The zero-order valence-corrected chi connectivity index (χ0v) is 15.4. The van der Waals surface area contributed by atoms with Gasteiger partial charge in [-0.2, -0.15) is 4.31 Å². The highest BCUT2D eigenvalue weighted by atomic mass is 32.2. The summed E-state index contributed by atoms with van der Waals surface area (Å²) in [7, 11) is -3.83. The average molecular weight is 400 g/mol. The molecule has 3 rings (SSSR count). The van der Waals surface area contributed by atoms with E-state index in [0.717, 1.165) is 17.8 Å². The standard InChI is InChI=1S/C13H16N6O5S2/c1-9-15-16-13(18(9)14)25-12-3-2-10(8-11(12)19(20)21)26(22,23)17-4-6-24-7-5-17/h2-3,8H,4-7,14H2,1H3. The molecule has 13 heteroatoms. The lowest BCUT2D eigenvalue weighted by Gasteiger charge is -2.26. The van der Waals surface area contributed by atoms with E-state index < -0.39 is 14.9 Å². The maximum absolute atomic E-state index is 12.7. The third-order valence-electron chi connectivity index (χ3n) is 3.77. The first kappa shape index (κ1) is 18.6. The summed E-state index contributed by atoms with van der Waals surface area (Å²) in [5.41, 5.74) is -0.343. The van der Waals surface area contributed by atoms with Crippen LogP contribution < -0.4 is 5.84 Å². The first-order valence-electron chi connectivity index (χ1n) is 7.52. The van der Waals surface area contributed by atoms with Crippen molar-refractivity contribution < 1.29 is 18.1 Å². The van der Waals surface area contributed by atoms with Gasteiger partial charge >= 0.3 is 0 Å². The number of hydrogen-bond acceptors (Lipinski definition) is 9. The Labute approximate surface area is 153 Å². The summed E-state index contributed by atoms with van der Waals surface area (Å²) in [6.45, 7) is 2.65. The van der Waals surface area contributed by atoms with E-state index in [4.69, 9.17) is 10.6 Å². The molecule has 1 fully saturated rings. The minimum Gasteiger partial charge on any atom is -0.379 e. The lowest BCUT2D eigenvalue weighted by atomic mass is 10.3. The predicted octanol–water partition coefficient (Wildman–Crippen LogP) is 0.381. The Morgan fingerprint density at radius 2 is 2.00 bits per heavy atom. The Morgan fingerprint density at radius 1 is 1.31 bits per heavy atom. The van der Waals surface area contributed by atoms with Crippen LogP contribution in [0.5, 0.6) is 0 Å². The molecule has 1 saturated heterocycles. The van der Waals surface area contributed by atoms with E-state index in [1.54, 1.807) is 6.92 Å². The van der Waals surface area contributed by atoms with Gasteiger partial charge in [-0.25, -0.2) is 13.1 Å². The lowest BCUT2D eigenvalue weighted by Crippen LogP contribution is -2.40. The number of sulfonamides is 1. The van der Waals surface area contributed by atoms with Gasteiger partial charge in [0.1, 0.15) is 5.82 Å². The van der Waals surface area contributed by atoms with Gasteiger partial charge < -0.3 is 10.6 Å². The second-order valence-electron chi connectivity index (χ2n) is 5.40. The monoisotopic (exact) mass is 400 g/mol. The molecule has 0 spiro atoms. The average Bonchev–Trinajstić information content (AvgIpc) is 2.94. The van der Waals surface area contributed by atoms with Gasteiger partial charge in [-0.15, -0.1) is 10.2 Å². The van der Waals surface area contributed by atoms with Crippen LogP contribution in [-0.4, -0.2) is 58.8 Å². The molecule has 0 radical (unpaired) electrons. The van der Waals surface area contributed by atoms with Crippen molar-refractivity contribution in [3.8, 4) is 0 Å². The zero-order chi connectivity index (χ0) is 18.9. The molecular formula is C13H16N6O5S2. The van der Waals surface area contributed by atoms with Crippen LogP contribution in [0.15, 0.2) is 33.1 Å². The van der Waals surface area contributed by atoms with E-state index in [1.165, 1.54) is 21.1 Å². The van der Waals surface area contributed by atoms with Gasteiger partial charge in [0.05, 0.1) is 27.9 Å². The van der Waals surface area contributed by atoms with Crippen molar-refractivity contribution in [2.24, 2.45) is 0 Å². The fourth-order valence-corrected chi connectivity index (χ4v) is 4.65. The van der Waals surface area contributed by atoms with Crippen molar-refractivity contribution >= 4 is 27.5 Å². The van der Waals surface area contributed by atoms with Crippen molar-refractivity contribution in [1.29, 1.82) is 0 Å². The number of nitro groups is 1. The Hall–Kier alpha value is -2.22. The van der Waals surface area contributed by atoms with Crippen LogP contribution in [0.3, 0.4) is 0 Å². The maximum atomic E-state index is 12.7. The molecular weight excluding hydrogens is 384 g/mol. The summed E-state index contributed by atoms with van der Waals surface area (Å²) < 4.78 is 33.0. The highest BCUT2D eigenvalue weighted by molar-refractivity contribution is 7.99. The summed E-state index contributed by atoms with van der Waals surface area (Å²) in [6.07, 6.45) is 0. The second-order valence-corrected chi connectivity index (χ2v) is 8.35. The highest BCUT2D eigenvalue weighted by Crippen LogP contribution is 2.35. The molecule has 1 aromatic heterocycles. The molecule has 11 nitrogen and oxygen atoms in total. The van der Waals surface area contributed by atoms with Crippen molar-refractivity contribution in [2.75, 3.05) is 32.1 Å². The zero-order valence-electron chi connectivity index (χ0n) is 13.7. The normalized spacial score (nSPS) is 15.9. The van der Waals surface area contributed by atoms with E-state index in [9.17, 15) is 18.5 Å². The quantitative estimate of drug-likeness (QED) is 0.427. The van der Waals surface area contributed by atoms with Crippen molar-refractivity contribution in [1.82, 2.24) is 19.2 Å². The fourth-order valence-electron chi connectivity index (χ4n) is 2.34. The minimum absolute atomic E-state index is 0.138. The van der Waals surface area contributed by atoms with Crippen LogP contribution in [0.4, 0.5) is 5.69 Å². The Morgan fingerprint density at radius 3 is 2.58 bits per heavy atom. The number of aromatic nitrogens is 3. The lowest BCUT2D eigenvalue weighted by molar-refractivity contribution is -0.388. The molecule has 2 N–H and O–H groups in total. The summed E-state index contributed by atoms with van der Waals surface area (Å²) >= 11 is 0.939. The summed E-state index contributed by atoms with van der Waals surface area (Å²) in [5, 5.41) is 19.3. The molecule has 0 amide bonds. The molecule has 0 atom stereocenters. The first-order valence-corrected chi connectivity index (χ1v) is 9.77. The van der Waals surface area contributed by atoms with Crippen LogP contribution in [0.2, 0.25) is 0 Å². The Kier molecular flexibility index (Phi) is 5.13. The van der Waals surface area contributed by atoms with Gasteiger partial charge in [-0.1, -0.05) is 0 Å². The Bertz CT molecular complexity index is 938. The maximum Gasteiger partial charge on any atom is 0.284 e. The highest BCUT2D eigenvalue weighted by Gasteiger charge is 2.29. The molecule has 2 aromatic rings. The van der Waals surface area contributed by atoms with Crippen LogP contribution in [0, 0.1) is 17.0 Å². The molecule has 2 heterocycles. The van der Waals surface area contributed by atoms with Gasteiger partial charge in [-0.05, 0) is 30.8 Å². The third kappa shape index (κ3) is 3.51. The summed E-state index contributed by atoms with van der Waals surface area (Å²) in [4.78, 5) is 10.9. The van der Waals surface area contributed by atoms with Gasteiger partial charge in [0.15, 0.2) is 0 Å². The molecule has 0 unspecified atom stereocenters. The largest absolute Gasteiger partial charge is 0.379 e. The summed E-state index contributed by atoms with van der Waals surface area (Å²) in [5.74, 6) is 6.21. The second kappa shape index (κ2) is 7.19. The van der Waals surface area contributed by atoms with E-state index in [-0.39, 0.29) is 33.7 Å². The van der Waals surface area contributed by atoms with Crippen molar-refractivity contribution in [2.45, 2.75) is 21.9 Å². The molecule has 0 saturated carbocycles. The fraction of sp³-hybridized carbons (Fsp3) is 0.385. The van der Waals surface area contributed by atoms with Gasteiger partial charge in [-0.3, -0.25) is 10.1 Å². The van der Waals surface area contributed by atoms with Crippen molar-refractivity contribution in [3.05, 3.63) is 34.1 Å². The van der Waals surface area contributed by atoms with Crippen LogP contribution in [-0.2, 0) is 14.8 Å². The van der Waals surface area contributed by atoms with E-state index in [2.05, 4.69) is 10.2 Å².